The predicted molar refractivity (Wildman–Crippen MR) is 125 cm³/mol. The van der Waals surface area contributed by atoms with E-state index in [9.17, 15) is 14.9 Å². The van der Waals surface area contributed by atoms with Gasteiger partial charge in [-0.25, -0.2) is 4.79 Å². The fourth-order valence-electron chi connectivity index (χ4n) is 3.97. The molecule has 0 radical (unpaired) electrons. The van der Waals surface area contributed by atoms with Crippen molar-refractivity contribution in [3.8, 4) is 11.5 Å². The zero-order chi connectivity index (χ0) is 25.1. The van der Waals surface area contributed by atoms with Crippen LogP contribution in [0, 0.1) is 10.1 Å². The number of halogens is 1. The third-order valence-electron chi connectivity index (χ3n) is 5.44. The summed E-state index contributed by atoms with van der Waals surface area (Å²) in [6, 6.07) is 9.21. The van der Waals surface area contributed by atoms with E-state index in [2.05, 4.69) is 0 Å². The van der Waals surface area contributed by atoms with Crippen LogP contribution in [0.1, 0.15) is 43.1 Å². The van der Waals surface area contributed by atoms with Crippen molar-refractivity contribution in [2.75, 3.05) is 27.4 Å². The maximum absolute atomic E-state index is 12.4. The molecule has 1 aliphatic rings. The van der Waals surface area contributed by atoms with Gasteiger partial charge in [0, 0.05) is 30.9 Å². The number of hydrogen-bond donors (Lipinski definition) is 0. The third kappa shape index (κ3) is 5.43. The Morgan fingerprint density at radius 3 is 2.53 bits per heavy atom. The summed E-state index contributed by atoms with van der Waals surface area (Å²) in [6.45, 7) is 5.50. The minimum Gasteiger partial charge on any atom is -0.493 e. The molecule has 34 heavy (non-hydrogen) atoms. The van der Waals surface area contributed by atoms with E-state index < -0.39 is 28.2 Å². The summed E-state index contributed by atoms with van der Waals surface area (Å²) in [5.74, 6) is -0.0893. The van der Waals surface area contributed by atoms with Crippen molar-refractivity contribution in [1.82, 2.24) is 0 Å². The zero-order valence-corrected chi connectivity index (χ0v) is 20.5. The predicted octanol–water partition coefficient (Wildman–Crippen LogP) is 4.92. The van der Waals surface area contributed by atoms with Crippen molar-refractivity contribution in [2.45, 2.75) is 44.5 Å². The van der Waals surface area contributed by atoms with Gasteiger partial charge in [0.25, 0.3) is 0 Å². The van der Waals surface area contributed by atoms with E-state index in [0.717, 1.165) is 11.6 Å². The van der Waals surface area contributed by atoms with Crippen molar-refractivity contribution < 1.29 is 33.4 Å². The van der Waals surface area contributed by atoms with Crippen LogP contribution < -0.4 is 9.47 Å². The molecule has 2 aromatic rings. The molecule has 1 atom stereocenters. The van der Waals surface area contributed by atoms with E-state index in [0.29, 0.717) is 23.8 Å². The molecule has 9 nitrogen and oxygen atoms in total. The van der Waals surface area contributed by atoms with Crippen molar-refractivity contribution in [1.29, 1.82) is 0 Å². The molecule has 0 aromatic heterocycles. The SMILES string of the molecule is COC(OC)[C@]1(COc2ccc(C(=O)OC(C)(C)C)cc2[N+](=O)[O-])CCOc2cc(Cl)ccc21. The maximum Gasteiger partial charge on any atom is 0.338 e. The van der Waals surface area contributed by atoms with E-state index in [1.807, 2.05) is 6.07 Å². The number of rotatable bonds is 8. The van der Waals surface area contributed by atoms with Crippen molar-refractivity contribution in [2.24, 2.45) is 0 Å². The normalized spacial score (nSPS) is 17.6. The highest BCUT2D eigenvalue weighted by atomic mass is 35.5. The molecule has 0 unspecified atom stereocenters. The molecule has 0 bridgehead atoms. The van der Waals surface area contributed by atoms with Gasteiger partial charge in [-0.15, -0.1) is 0 Å². The highest BCUT2D eigenvalue weighted by molar-refractivity contribution is 6.30. The van der Waals surface area contributed by atoms with E-state index in [1.54, 1.807) is 32.9 Å². The van der Waals surface area contributed by atoms with E-state index in [1.165, 1.54) is 26.4 Å². The van der Waals surface area contributed by atoms with Crippen LogP contribution in [0.4, 0.5) is 5.69 Å². The number of hydrogen-bond acceptors (Lipinski definition) is 8. The standard InChI is InChI=1S/C24H28ClNO8/c1-23(2,3)34-21(27)15-6-9-19(18(12-15)26(28)29)33-14-24(22(30-4)31-5)10-11-32-20-13-16(25)7-8-17(20)24/h6-9,12-13,22H,10-11,14H2,1-5H3/t24-/m0/s1. The Morgan fingerprint density at radius 2 is 1.91 bits per heavy atom. The molecule has 0 aliphatic carbocycles. The molecule has 0 saturated heterocycles. The lowest BCUT2D eigenvalue weighted by molar-refractivity contribution is -0.386. The van der Waals surface area contributed by atoms with Crippen LogP contribution in [0.25, 0.3) is 0 Å². The first-order valence-electron chi connectivity index (χ1n) is 10.6. The van der Waals surface area contributed by atoms with Crippen LogP contribution in [0.2, 0.25) is 5.02 Å². The number of carbonyl (C=O) groups is 1. The van der Waals surface area contributed by atoms with Crippen LogP contribution >= 0.6 is 11.6 Å². The van der Waals surface area contributed by atoms with Crippen LogP contribution in [0.5, 0.6) is 11.5 Å². The highest BCUT2D eigenvalue weighted by Crippen LogP contribution is 2.44. The minimum atomic E-state index is -0.834. The van der Waals surface area contributed by atoms with E-state index >= 15 is 0 Å². The molecule has 3 rings (SSSR count). The van der Waals surface area contributed by atoms with Gasteiger partial charge in [0.1, 0.15) is 18.0 Å². The molecule has 0 spiro atoms. The van der Waals surface area contributed by atoms with Crippen molar-refractivity contribution in [3.63, 3.8) is 0 Å². The number of fused-ring (bicyclic) bond motifs is 1. The van der Waals surface area contributed by atoms with Gasteiger partial charge >= 0.3 is 11.7 Å². The summed E-state index contributed by atoms with van der Waals surface area (Å²) in [5, 5.41) is 12.3. The van der Waals surface area contributed by atoms with E-state index in [-0.39, 0.29) is 23.6 Å². The minimum absolute atomic E-state index is 0.00430. The largest absolute Gasteiger partial charge is 0.493 e. The zero-order valence-electron chi connectivity index (χ0n) is 19.8. The van der Waals surface area contributed by atoms with Crippen molar-refractivity contribution >= 4 is 23.3 Å². The Labute approximate surface area is 203 Å². The number of ether oxygens (including phenoxy) is 5. The summed E-state index contributed by atoms with van der Waals surface area (Å²) in [7, 11) is 3.03. The lowest BCUT2D eigenvalue weighted by Crippen LogP contribution is -2.49. The molecule has 2 aromatic carbocycles. The molecule has 184 valence electrons. The first-order chi connectivity index (χ1) is 16.0. The summed E-state index contributed by atoms with van der Waals surface area (Å²) >= 11 is 6.14. The van der Waals surface area contributed by atoms with Gasteiger partial charge in [0.15, 0.2) is 12.0 Å². The number of esters is 1. The first-order valence-corrected chi connectivity index (χ1v) is 11.0. The second-order valence-corrected chi connectivity index (χ2v) is 9.37. The average molecular weight is 494 g/mol. The average Bonchev–Trinajstić information content (AvgIpc) is 2.77. The number of benzene rings is 2. The molecule has 0 N–H and O–H groups in total. The number of nitro groups is 1. The Balaban J connectivity index is 1.97. The Bertz CT molecular complexity index is 1060. The number of nitrogens with zero attached hydrogens (tertiary/aromatic N) is 1. The first kappa shape index (κ1) is 25.7. The van der Waals surface area contributed by atoms with Gasteiger partial charge in [-0.2, -0.15) is 0 Å². The second-order valence-electron chi connectivity index (χ2n) is 8.93. The summed E-state index contributed by atoms with van der Waals surface area (Å²) in [4.78, 5) is 23.6. The smallest absolute Gasteiger partial charge is 0.338 e. The van der Waals surface area contributed by atoms with Crippen molar-refractivity contribution in [3.05, 3.63) is 62.7 Å². The molecule has 0 saturated carbocycles. The van der Waals surface area contributed by atoms with Gasteiger partial charge in [0.2, 0.25) is 0 Å². The molecule has 10 heteroatoms. The van der Waals surface area contributed by atoms with Gasteiger partial charge in [-0.05, 0) is 51.5 Å². The van der Waals surface area contributed by atoms with Gasteiger partial charge in [-0.3, -0.25) is 10.1 Å². The summed E-state index contributed by atoms with van der Waals surface area (Å²) in [5.41, 5.74) is -1.11. The molecule has 0 fully saturated rings. The lowest BCUT2D eigenvalue weighted by atomic mass is 9.75. The fraction of sp³-hybridized carbons (Fsp3) is 0.458. The molecular weight excluding hydrogens is 466 g/mol. The molecule has 1 aliphatic heterocycles. The number of nitro benzene ring substituents is 1. The van der Waals surface area contributed by atoms with Gasteiger partial charge in [-0.1, -0.05) is 17.7 Å². The summed E-state index contributed by atoms with van der Waals surface area (Å²) < 4.78 is 28.3. The number of carbonyl (C=O) groups excluding carboxylic acids is 1. The maximum atomic E-state index is 12.4. The van der Waals surface area contributed by atoms with Crippen LogP contribution in [-0.4, -0.2) is 50.2 Å². The van der Waals surface area contributed by atoms with Crippen LogP contribution in [-0.2, 0) is 19.6 Å². The molecular formula is C24H28ClNO8. The fourth-order valence-corrected chi connectivity index (χ4v) is 4.13. The number of methoxy groups -OCH3 is 2. The second kappa shape index (κ2) is 10.2. The Kier molecular flexibility index (Phi) is 7.70. The Morgan fingerprint density at radius 1 is 1.21 bits per heavy atom. The quantitative estimate of drug-likeness (QED) is 0.221. The van der Waals surface area contributed by atoms with Crippen LogP contribution in [0.3, 0.4) is 0 Å². The monoisotopic (exact) mass is 493 g/mol. The lowest BCUT2D eigenvalue weighted by Gasteiger charge is -2.42. The molecule has 1 heterocycles. The van der Waals surface area contributed by atoms with Crippen LogP contribution in [0.15, 0.2) is 36.4 Å². The van der Waals surface area contributed by atoms with E-state index in [4.69, 9.17) is 35.3 Å². The Hall–Kier alpha value is -2.88. The third-order valence-corrected chi connectivity index (χ3v) is 5.68. The topological polar surface area (TPSA) is 106 Å². The molecule has 0 amide bonds. The summed E-state index contributed by atoms with van der Waals surface area (Å²) in [6.07, 6.45) is -0.256. The van der Waals surface area contributed by atoms with Gasteiger partial charge in [0.05, 0.1) is 22.5 Å². The highest BCUT2D eigenvalue weighted by Gasteiger charge is 2.47. The van der Waals surface area contributed by atoms with Gasteiger partial charge < -0.3 is 23.7 Å².